The number of hydrogen-bond acceptors (Lipinski definition) is 5. The summed E-state index contributed by atoms with van der Waals surface area (Å²) in [6.07, 6.45) is 5.68. The molecule has 0 aliphatic heterocycles. The maximum Gasteiger partial charge on any atom is 0.296 e. The lowest BCUT2D eigenvalue weighted by Crippen LogP contribution is -2.19. The van der Waals surface area contributed by atoms with E-state index >= 15 is 0 Å². The van der Waals surface area contributed by atoms with Crippen molar-refractivity contribution < 1.29 is 0 Å². The Morgan fingerprint density at radius 1 is 1.18 bits per heavy atom. The first-order valence-electron chi connectivity index (χ1n) is 7.53. The second-order valence-electron chi connectivity index (χ2n) is 5.77. The Balaban J connectivity index is 1.69. The van der Waals surface area contributed by atoms with E-state index in [4.69, 9.17) is 0 Å². The van der Waals surface area contributed by atoms with Crippen molar-refractivity contribution in [2.75, 3.05) is 0 Å². The highest BCUT2D eigenvalue weighted by atomic mass is 32.1. The van der Waals surface area contributed by atoms with Gasteiger partial charge in [-0.25, -0.2) is 0 Å². The van der Waals surface area contributed by atoms with Crippen LogP contribution in [-0.4, -0.2) is 19.8 Å². The highest BCUT2D eigenvalue weighted by Crippen LogP contribution is 2.24. The minimum atomic E-state index is -0.182. The molecule has 0 saturated carbocycles. The average Bonchev–Trinajstić information content (AvgIpc) is 2.94. The van der Waals surface area contributed by atoms with Gasteiger partial charge in [-0.2, -0.15) is 9.61 Å². The molecule has 0 bridgehead atoms. The minimum absolute atomic E-state index is 0.182. The maximum absolute atomic E-state index is 12.0. The van der Waals surface area contributed by atoms with Gasteiger partial charge in [0, 0.05) is 6.42 Å². The Hall–Kier alpha value is -2.08. The largest absolute Gasteiger partial charge is 0.296 e. The molecule has 0 amide bonds. The molecule has 0 unspecified atom stereocenters. The van der Waals surface area contributed by atoms with Gasteiger partial charge >= 0.3 is 0 Å². The zero-order valence-electron chi connectivity index (χ0n) is 12.4. The normalized spacial score (nSPS) is 14.2. The summed E-state index contributed by atoms with van der Waals surface area (Å²) in [4.78, 5) is 12.5. The molecular formula is C16H16N4OS. The summed E-state index contributed by atoms with van der Waals surface area (Å²) in [7, 11) is 0. The molecule has 2 aromatic heterocycles. The molecule has 0 saturated heterocycles. The van der Waals surface area contributed by atoms with Crippen LogP contribution in [0, 0.1) is 6.92 Å². The zero-order chi connectivity index (χ0) is 15.1. The molecule has 0 fully saturated rings. The zero-order valence-corrected chi connectivity index (χ0v) is 13.2. The molecule has 0 spiro atoms. The summed E-state index contributed by atoms with van der Waals surface area (Å²) in [5, 5.41) is 13.2. The molecule has 1 aliphatic carbocycles. The van der Waals surface area contributed by atoms with Crippen LogP contribution in [0.1, 0.15) is 40.2 Å². The lowest BCUT2D eigenvalue weighted by molar-refractivity contribution is 0.684. The van der Waals surface area contributed by atoms with Gasteiger partial charge in [0.1, 0.15) is 10.7 Å². The van der Waals surface area contributed by atoms with E-state index < -0.39 is 0 Å². The summed E-state index contributed by atoms with van der Waals surface area (Å²) in [6, 6.07) is 6.71. The van der Waals surface area contributed by atoms with Gasteiger partial charge in [-0.05, 0) is 49.3 Å². The lowest BCUT2D eigenvalue weighted by Gasteiger charge is -2.16. The molecule has 1 aromatic carbocycles. The predicted molar refractivity (Wildman–Crippen MR) is 85.6 cm³/mol. The molecule has 0 atom stereocenters. The second kappa shape index (κ2) is 5.28. The molecule has 4 rings (SSSR count). The number of fused-ring (bicyclic) bond motifs is 2. The summed E-state index contributed by atoms with van der Waals surface area (Å²) in [5.74, 6) is 0. The summed E-state index contributed by atoms with van der Waals surface area (Å²) in [5.41, 5.74) is 4.40. The Labute approximate surface area is 131 Å². The molecule has 5 nitrogen and oxygen atoms in total. The van der Waals surface area contributed by atoms with Crippen molar-refractivity contribution >= 4 is 16.3 Å². The molecule has 112 valence electrons. The third-order valence-corrected chi connectivity index (χ3v) is 5.06. The highest BCUT2D eigenvalue weighted by Gasteiger charge is 2.12. The first-order chi connectivity index (χ1) is 10.7. The van der Waals surface area contributed by atoms with Crippen molar-refractivity contribution in [1.82, 2.24) is 19.8 Å². The quantitative estimate of drug-likeness (QED) is 0.728. The fourth-order valence-corrected chi connectivity index (χ4v) is 3.84. The van der Waals surface area contributed by atoms with Crippen molar-refractivity contribution in [3.05, 3.63) is 55.9 Å². The Morgan fingerprint density at radius 2 is 2.00 bits per heavy atom. The van der Waals surface area contributed by atoms with Crippen LogP contribution >= 0.6 is 11.3 Å². The third kappa shape index (κ3) is 2.33. The average molecular weight is 312 g/mol. The lowest BCUT2D eigenvalue weighted by atomic mass is 9.90. The fourth-order valence-electron chi connectivity index (χ4n) is 2.97. The molecule has 6 heteroatoms. The smallest absolute Gasteiger partial charge is 0.265 e. The van der Waals surface area contributed by atoms with Crippen molar-refractivity contribution in [3.63, 3.8) is 0 Å². The second-order valence-corrected chi connectivity index (χ2v) is 6.81. The van der Waals surface area contributed by atoms with Crippen LogP contribution in [0.4, 0.5) is 0 Å². The summed E-state index contributed by atoms with van der Waals surface area (Å²) < 4.78 is 1.36. The van der Waals surface area contributed by atoms with Gasteiger partial charge in [0.05, 0.1) is 0 Å². The van der Waals surface area contributed by atoms with Gasteiger partial charge in [0.15, 0.2) is 0 Å². The van der Waals surface area contributed by atoms with Gasteiger partial charge < -0.3 is 0 Å². The van der Waals surface area contributed by atoms with E-state index in [0.717, 1.165) is 11.4 Å². The van der Waals surface area contributed by atoms with Gasteiger partial charge in [-0.1, -0.05) is 29.5 Å². The molecule has 0 radical (unpaired) electrons. The summed E-state index contributed by atoms with van der Waals surface area (Å²) >= 11 is 1.43. The van der Waals surface area contributed by atoms with Crippen LogP contribution in [0.5, 0.6) is 0 Å². The SMILES string of the molecule is Cc1nnc2sc(Cc3ccc4c(c3)CCCC4)nn2c1=O. The van der Waals surface area contributed by atoms with Crippen molar-refractivity contribution in [2.24, 2.45) is 0 Å². The van der Waals surface area contributed by atoms with Gasteiger partial charge in [0.2, 0.25) is 4.96 Å². The number of hydrogen-bond donors (Lipinski definition) is 0. The molecule has 3 aromatic rings. The van der Waals surface area contributed by atoms with Crippen LogP contribution in [0.2, 0.25) is 0 Å². The first-order valence-corrected chi connectivity index (χ1v) is 8.35. The van der Waals surface area contributed by atoms with E-state index in [-0.39, 0.29) is 5.56 Å². The number of nitrogens with zero attached hydrogens (tertiary/aromatic N) is 4. The molecule has 1 aliphatic rings. The number of aryl methyl sites for hydroxylation is 3. The highest BCUT2D eigenvalue weighted by molar-refractivity contribution is 7.16. The predicted octanol–water partition coefficient (Wildman–Crippen LogP) is 2.32. The maximum atomic E-state index is 12.0. The Kier molecular flexibility index (Phi) is 3.26. The summed E-state index contributed by atoms with van der Waals surface area (Å²) in [6.45, 7) is 1.66. The molecular weight excluding hydrogens is 296 g/mol. The molecule has 0 N–H and O–H groups in total. The minimum Gasteiger partial charge on any atom is -0.265 e. The number of aromatic nitrogens is 4. The van der Waals surface area contributed by atoms with Crippen LogP contribution in [-0.2, 0) is 19.3 Å². The van der Waals surface area contributed by atoms with E-state index in [1.165, 1.54) is 58.2 Å². The van der Waals surface area contributed by atoms with Gasteiger partial charge in [-0.15, -0.1) is 10.2 Å². The van der Waals surface area contributed by atoms with Crippen LogP contribution < -0.4 is 5.56 Å². The van der Waals surface area contributed by atoms with Crippen molar-refractivity contribution in [3.8, 4) is 0 Å². The van der Waals surface area contributed by atoms with Crippen molar-refractivity contribution in [1.29, 1.82) is 0 Å². The first kappa shape index (κ1) is 13.6. The Bertz CT molecular complexity index is 912. The number of rotatable bonds is 2. The fraction of sp³-hybridized carbons (Fsp3) is 0.375. The third-order valence-electron chi connectivity index (χ3n) is 4.16. The van der Waals surface area contributed by atoms with Crippen LogP contribution in [0.3, 0.4) is 0 Å². The van der Waals surface area contributed by atoms with Crippen LogP contribution in [0.15, 0.2) is 23.0 Å². The Morgan fingerprint density at radius 3 is 2.86 bits per heavy atom. The monoisotopic (exact) mass is 312 g/mol. The van der Waals surface area contributed by atoms with Crippen molar-refractivity contribution in [2.45, 2.75) is 39.0 Å². The van der Waals surface area contributed by atoms with Gasteiger partial charge in [0.25, 0.3) is 5.56 Å². The molecule has 22 heavy (non-hydrogen) atoms. The molecule has 2 heterocycles. The van der Waals surface area contributed by atoms with E-state index in [0.29, 0.717) is 10.7 Å². The van der Waals surface area contributed by atoms with E-state index in [2.05, 4.69) is 33.5 Å². The van der Waals surface area contributed by atoms with E-state index in [1.807, 2.05) is 0 Å². The van der Waals surface area contributed by atoms with Crippen LogP contribution in [0.25, 0.3) is 4.96 Å². The van der Waals surface area contributed by atoms with E-state index in [9.17, 15) is 4.79 Å². The standard InChI is InChI=1S/C16H16N4OS/c1-10-15(21)20-16(18-17-10)22-14(19-20)9-11-6-7-12-4-2-3-5-13(12)8-11/h6-8H,2-5,9H2,1H3. The van der Waals surface area contributed by atoms with E-state index in [1.54, 1.807) is 6.92 Å². The number of benzene rings is 1. The topological polar surface area (TPSA) is 60.1 Å². The van der Waals surface area contributed by atoms with Gasteiger partial charge in [-0.3, -0.25) is 4.79 Å².